The van der Waals surface area contributed by atoms with Crippen LogP contribution in [0.4, 0.5) is 0 Å². The van der Waals surface area contributed by atoms with Crippen molar-refractivity contribution in [1.29, 1.82) is 0 Å². The largest absolute Gasteiger partial charge is 0.228 e. The average Bonchev–Trinajstić information content (AvgIpc) is 3.30. The van der Waals surface area contributed by atoms with Crippen molar-refractivity contribution in [1.82, 2.24) is 9.97 Å². The Morgan fingerprint density at radius 1 is 0.241 bits per heavy atom. The molecule has 2 heteroatoms. The van der Waals surface area contributed by atoms with Crippen LogP contribution in [0.25, 0.3) is 121 Å². The lowest BCUT2D eigenvalue weighted by Gasteiger charge is -2.17. The van der Waals surface area contributed by atoms with Crippen molar-refractivity contribution in [2.45, 2.75) is 0 Å². The van der Waals surface area contributed by atoms with E-state index >= 15 is 0 Å². The van der Waals surface area contributed by atoms with Crippen molar-refractivity contribution in [2.24, 2.45) is 0 Å². The Bertz CT molecular complexity index is 3530. The molecule has 12 rings (SSSR count). The molecule has 0 amide bonds. The molecular weight excluding hydrogens is 701 g/mol. The van der Waals surface area contributed by atoms with Gasteiger partial charge in [-0.05, 0) is 105 Å². The molecule has 0 spiro atoms. The monoisotopic (exact) mass is 734 g/mol. The number of hydrogen-bond donors (Lipinski definition) is 0. The third-order valence-corrected chi connectivity index (χ3v) is 12.0. The molecule has 0 aliphatic carbocycles. The zero-order valence-corrected chi connectivity index (χ0v) is 31.5. The lowest BCUT2D eigenvalue weighted by atomic mass is 9.87. The zero-order chi connectivity index (χ0) is 38.2. The maximum absolute atomic E-state index is 5.36. The molecule has 11 aromatic carbocycles. The van der Waals surface area contributed by atoms with Gasteiger partial charge in [0, 0.05) is 16.7 Å². The first-order valence-electron chi connectivity index (χ1n) is 19.9. The minimum atomic E-state index is 0.701. The van der Waals surface area contributed by atoms with Gasteiger partial charge in [-0.2, -0.15) is 0 Å². The second-order valence-electron chi connectivity index (χ2n) is 15.3. The summed E-state index contributed by atoms with van der Waals surface area (Å²) in [5.41, 5.74) is 9.55. The van der Waals surface area contributed by atoms with Crippen molar-refractivity contribution in [2.75, 3.05) is 0 Å². The second kappa shape index (κ2) is 12.9. The molecule has 0 N–H and O–H groups in total. The summed E-state index contributed by atoms with van der Waals surface area (Å²) >= 11 is 0. The molecule has 0 aliphatic heterocycles. The summed E-state index contributed by atoms with van der Waals surface area (Å²) < 4.78 is 0. The molecule has 58 heavy (non-hydrogen) atoms. The van der Waals surface area contributed by atoms with Gasteiger partial charge in [0.25, 0.3) is 0 Å². The average molecular weight is 735 g/mol. The van der Waals surface area contributed by atoms with Gasteiger partial charge in [0.05, 0.1) is 11.4 Å². The number of hydrogen-bond acceptors (Lipinski definition) is 2. The topological polar surface area (TPSA) is 25.8 Å². The smallest absolute Gasteiger partial charge is 0.160 e. The first-order valence-corrected chi connectivity index (χ1v) is 19.9. The molecule has 2 nitrogen and oxygen atoms in total. The molecule has 0 atom stereocenters. The van der Waals surface area contributed by atoms with Crippen molar-refractivity contribution < 1.29 is 0 Å². The maximum Gasteiger partial charge on any atom is 0.160 e. The highest BCUT2D eigenvalue weighted by Gasteiger charge is 2.19. The first-order chi connectivity index (χ1) is 28.7. The normalized spacial score (nSPS) is 11.8. The van der Waals surface area contributed by atoms with Crippen LogP contribution in [0.5, 0.6) is 0 Å². The van der Waals surface area contributed by atoms with Gasteiger partial charge < -0.3 is 0 Å². The van der Waals surface area contributed by atoms with Gasteiger partial charge in [0.1, 0.15) is 0 Å². The maximum atomic E-state index is 5.36. The van der Waals surface area contributed by atoms with E-state index in [1.54, 1.807) is 0 Å². The lowest BCUT2D eigenvalue weighted by molar-refractivity contribution is 1.18. The Labute approximate surface area is 335 Å². The SMILES string of the molecule is c1ccc(-c2ccc(-c3ccccc3-c3cc(-c4cc5ccc6cccc7c8cccc9ccc%10cccc(c(c4)c5c67)c%10c98)nc(-c4ccccc4)n3)cc2)cc1. The van der Waals surface area contributed by atoms with Gasteiger partial charge in [-0.25, -0.2) is 9.97 Å². The Hall–Kier alpha value is -7.68. The molecule has 1 heterocycles. The molecule has 12 aromatic rings. The van der Waals surface area contributed by atoms with Crippen LogP contribution in [0.1, 0.15) is 0 Å². The van der Waals surface area contributed by atoms with Gasteiger partial charge in [-0.15, -0.1) is 0 Å². The number of benzene rings is 10. The van der Waals surface area contributed by atoms with Gasteiger partial charge in [-0.3, -0.25) is 0 Å². The van der Waals surface area contributed by atoms with Crippen molar-refractivity contribution in [3.8, 4) is 56.2 Å². The van der Waals surface area contributed by atoms with Crippen LogP contribution in [0.15, 0.2) is 206 Å². The van der Waals surface area contributed by atoms with Crippen LogP contribution < -0.4 is 0 Å². The Morgan fingerprint density at radius 2 is 0.707 bits per heavy atom. The summed E-state index contributed by atoms with van der Waals surface area (Å²) in [5, 5.41) is 15.1. The highest BCUT2D eigenvalue weighted by atomic mass is 14.9. The lowest BCUT2D eigenvalue weighted by Crippen LogP contribution is -1.97. The Morgan fingerprint density at radius 3 is 1.33 bits per heavy atom. The van der Waals surface area contributed by atoms with Crippen LogP contribution in [-0.2, 0) is 0 Å². The van der Waals surface area contributed by atoms with E-state index in [9.17, 15) is 0 Å². The minimum Gasteiger partial charge on any atom is -0.228 e. The van der Waals surface area contributed by atoms with E-state index in [-0.39, 0.29) is 0 Å². The van der Waals surface area contributed by atoms with E-state index < -0.39 is 0 Å². The second-order valence-corrected chi connectivity index (χ2v) is 15.3. The quantitative estimate of drug-likeness (QED) is 0.165. The predicted octanol–water partition coefficient (Wildman–Crippen LogP) is 15.2. The van der Waals surface area contributed by atoms with Gasteiger partial charge >= 0.3 is 0 Å². The van der Waals surface area contributed by atoms with Crippen LogP contribution in [0.3, 0.4) is 0 Å². The molecule has 0 radical (unpaired) electrons. The minimum absolute atomic E-state index is 0.701. The zero-order valence-electron chi connectivity index (χ0n) is 31.5. The third kappa shape index (κ3) is 5.12. The van der Waals surface area contributed by atoms with E-state index in [4.69, 9.17) is 9.97 Å². The van der Waals surface area contributed by atoms with Crippen molar-refractivity contribution in [3.05, 3.63) is 206 Å². The van der Waals surface area contributed by atoms with Gasteiger partial charge in [0.2, 0.25) is 0 Å². The highest BCUT2D eigenvalue weighted by molar-refractivity contribution is 6.37. The van der Waals surface area contributed by atoms with E-state index in [1.165, 1.54) is 75.8 Å². The number of nitrogens with zero attached hydrogens (tertiary/aromatic N) is 2. The fourth-order valence-electron chi connectivity index (χ4n) is 9.31. The van der Waals surface area contributed by atoms with Crippen LogP contribution in [0.2, 0.25) is 0 Å². The summed E-state index contributed by atoms with van der Waals surface area (Å²) in [5.74, 6) is 0.701. The summed E-state index contributed by atoms with van der Waals surface area (Å²) in [6.45, 7) is 0. The number of rotatable bonds is 5. The molecule has 268 valence electrons. The molecule has 0 fully saturated rings. The Kier molecular flexibility index (Phi) is 7.26. The standard InChI is InChI=1S/C56H34N2/c1-3-12-35(13-4-1)36-24-26-37(27-25-36)44-19-7-8-20-45(44)51-34-50(57-56(58-51)41-14-5-2-6-15-41)43-32-42-31-30-40-17-10-22-47-46-21-9-16-38-28-29-39-18-11-23-48(54(39)52(38)46)49(33-43)55(42)53(40)47/h1-34H. The number of aromatic nitrogens is 2. The van der Waals surface area contributed by atoms with Crippen molar-refractivity contribution >= 4 is 64.6 Å². The molecule has 0 bridgehead atoms. The van der Waals surface area contributed by atoms with E-state index in [1.807, 2.05) is 6.07 Å². The van der Waals surface area contributed by atoms with Crippen LogP contribution >= 0.6 is 0 Å². The van der Waals surface area contributed by atoms with E-state index in [0.29, 0.717) is 5.82 Å². The molecule has 0 unspecified atom stereocenters. The van der Waals surface area contributed by atoms with Crippen LogP contribution in [0, 0.1) is 0 Å². The fraction of sp³-hybridized carbons (Fsp3) is 0. The highest BCUT2D eigenvalue weighted by Crippen LogP contribution is 2.45. The van der Waals surface area contributed by atoms with Crippen LogP contribution in [-0.4, -0.2) is 9.97 Å². The first kappa shape index (κ1) is 32.6. The molecule has 1 aromatic heterocycles. The number of fused-ring (bicyclic) bond motifs is 2. The van der Waals surface area contributed by atoms with Crippen molar-refractivity contribution in [3.63, 3.8) is 0 Å². The molecule has 0 saturated heterocycles. The summed E-state index contributed by atoms with van der Waals surface area (Å²) in [6, 6.07) is 74.6. The van der Waals surface area contributed by atoms with E-state index in [2.05, 4.69) is 200 Å². The summed E-state index contributed by atoms with van der Waals surface area (Å²) in [7, 11) is 0. The van der Waals surface area contributed by atoms with E-state index in [0.717, 1.165) is 39.2 Å². The summed E-state index contributed by atoms with van der Waals surface area (Å²) in [4.78, 5) is 10.7. The molecule has 0 aliphatic rings. The van der Waals surface area contributed by atoms with Gasteiger partial charge in [0.15, 0.2) is 5.82 Å². The molecule has 0 saturated carbocycles. The third-order valence-electron chi connectivity index (χ3n) is 12.0. The Balaban J connectivity index is 1.14. The summed E-state index contributed by atoms with van der Waals surface area (Å²) in [6.07, 6.45) is 0. The molecular formula is C56H34N2. The van der Waals surface area contributed by atoms with Gasteiger partial charge in [-0.1, -0.05) is 188 Å². The predicted molar refractivity (Wildman–Crippen MR) is 245 cm³/mol. The fourth-order valence-corrected chi connectivity index (χ4v) is 9.31.